The maximum Gasteiger partial charge on any atom is 0.226 e. The molecule has 0 atom stereocenters. The Labute approximate surface area is 153 Å². The SMILES string of the molecule is CC(C)Oc1ccc(NCCC(=O)Nc2ccc3c(c2)OCCO3)cc1. The Morgan fingerprint density at radius 3 is 2.46 bits per heavy atom. The molecule has 0 aromatic heterocycles. The van der Waals surface area contributed by atoms with E-state index < -0.39 is 0 Å². The van der Waals surface area contributed by atoms with Crippen molar-refractivity contribution in [2.24, 2.45) is 0 Å². The monoisotopic (exact) mass is 356 g/mol. The molecular weight excluding hydrogens is 332 g/mol. The van der Waals surface area contributed by atoms with Crippen molar-refractivity contribution in [3.05, 3.63) is 42.5 Å². The van der Waals surface area contributed by atoms with E-state index in [2.05, 4.69) is 10.6 Å². The number of carbonyl (C=O) groups is 1. The summed E-state index contributed by atoms with van der Waals surface area (Å²) >= 11 is 0. The molecular formula is C20H24N2O4. The molecule has 2 aromatic rings. The van der Waals surface area contributed by atoms with Crippen molar-refractivity contribution >= 4 is 17.3 Å². The highest BCUT2D eigenvalue weighted by molar-refractivity contribution is 5.91. The van der Waals surface area contributed by atoms with Gasteiger partial charge in [0.15, 0.2) is 11.5 Å². The van der Waals surface area contributed by atoms with E-state index in [0.29, 0.717) is 43.4 Å². The largest absolute Gasteiger partial charge is 0.491 e. The average Bonchev–Trinajstić information content (AvgIpc) is 2.62. The zero-order valence-electron chi connectivity index (χ0n) is 15.1. The molecule has 2 aromatic carbocycles. The summed E-state index contributed by atoms with van der Waals surface area (Å²) in [5.74, 6) is 2.15. The van der Waals surface area contributed by atoms with Crippen molar-refractivity contribution in [2.45, 2.75) is 26.4 Å². The lowest BCUT2D eigenvalue weighted by atomic mass is 10.2. The summed E-state index contributed by atoms with van der Waals surface area (Å²) in [7, 11) is 0. The molecule has 0 bridgehead atoms. The van der Waals surface area contributed by atoms with Crippen LogP contribution in [-0.4, -0.2) is 31.8 Å². The number of rotatable bonds is 7. The Hall–Kier alpha value is -2.89. The molecule has 1 amide bonds. The van der Waals surface area contributed by atoms with Gasteiger partial charge in [-0.05, 0) is 50.2 Å². The number of benzene rings is 2. The Morgan fingerprint density at radius 1 is 1.04 bits per heavy atom. The summed E-state index contributed by atoms with van der Waals surface area (Å²) in [6, 6.07) is 13.1. The third kappa shape index (κ3) is 5.05. The zero-order chi connectivity index (χ0) is 18.4. The summed E-state index contributed by atoms with van der Waals surface area (Å²) in [5.41, 5.74) is 1.66. The van der Waals surface area contributed by atoms with Crippen LogP contribution in [0.1, 0.15) is 20.3 Å². The minimum atomic E-state index is -0.0612. The van der Waals surface area contributed by atoms with E-state index in [4.69, 9.17) is 14.2 Å². The minimum Gasteiger partial charge on any atom is -0.491 e. The maximum absolute atomic E-state index is 12.1. The van der Waals surface area contributed by atoms with E-state index in [1.54, 1.807) is 6.07 Å². The fourth-order valence-corrected chi connectivity index (χ4v) is 2.59. The highest BCUT2D eigenvalue weighted by atomic mass is 16.6. The Morgan fingerprint density at radius 2 is 1.73 bits per heavy atom. The number of hydrogen-bond donors (Lipinski definition) is 2. The van der Waals surface area contributed by atoms with Crippen LogP contribution in [0.15, 0.2) is 42.5 Å². The van der Waals surface area contributed by atoms with Crippen LogP contribution in [0, 0.1) is 0 Å². The van der Waals surface area contributed by atoms with Crippen molar-refractivity contribution < 1.29 is 19.0 Å². The topological polar surface area (TPSA) is 68.8 Å². The first kappa shape index (κ1) is 17.9. The number of hydrogen-bond acceptors (Lipinski definition) is 5. The van der Waals surface area contributed by atoms with Gasteiger partial charge in [0.05, 0.1) is 6.10 Å². The van der Waals surface area contributed by atoms with E-state index in [-0.39, 0.29) is 12.0 Å². The number of ether oxygens (including phenoxy) is 3. The molecule has 0 saturated heterocycles. The molecule has 0 saturated carbocycles. The molecule has 1 aliphatic heterocycles. The molecule has 3 rings (SSSR count). The lowest BCUT2D eigenvalue weighted by Crippen LogP contribution is -2.18. The fourth-order valence-electron chi connectivity index (χ4n) is 2.59. The second-order valence-corrected chi connectivity index (χ2v) is 6.27. The lowest BCUT2D eigenvalue weighted by molar-refractivity contribution is -0.115. The Bertz CT molecular complexity index is 744. The highest BCUT2D eigenvalue weighted by Gasteiger charge is 2.12. The smallest absolute Gasteiger partial charge is 0.226 e. The van der Waals surface area contributed by atoms with Crippen LogP contribution < -0.4 is 24.8 Å². The van der Waals surface area contributed by atoms with E-state index in [1.165, 1.54) is 0 Å². The van der Waals surface area contributed by atoms with Crippen LogP contribution in [0.5, 0.6) is 17.2 Å². The zero-order valence-corrected chi connectivity index (χ0v) is 15.1. The van der Waals surface area contributed by atoms with Crippen LogP contribution in [0.3, 0.4) is 0 Å². The third-order valence-electron chi connectivity index (χ3n) is 3.73. The molecule has 6 heteroatoms. The maximum atomic E-state index is 12.1. The molecule has 138 valence electrons. The molecule has 6 nitrogen and oxygen atoms in total. The van der Waals surface area contributed by atoms with Crippen LogP contribution in [0.4, 0.5) is 11.4 Å². The lowest BCUT2D eigenvalue weighted by Gasteiger charge is -2.19. The van der Waals surface area contributed by atoms with Gasteiger partial charge in [0.25, 0.3) is 0 Å². The Kier molecular flexibility index (Phi) is 5.84. The summed E-state index contributed by atoms with van der Waals surface area (Å²) in [6.07, 6.45) is 0.511. The number of nitrogens with one attached hydrogen (secondary N) is 2. The van der Waals surface area contributed by atoms with Crippen LogP contribution in [0.2, 0.25) is 0 Å². The second kappa shape index (κ2) is 8.47. The number of carbonyl (C=O) groups excluding carboxylic acids is 1. The van der Waals surface area contributed by atoms with Gasteiger partial charge in [0.1, 0.15) is 19.0 Å². The van der Waals surface area contributed by atoms with Crippen LogP contribution in [0.25, 0.3) is 0 Å². The average molecular weight is 356 g/mol. The van der Waals surface area contributed by atoms with Gasteiger partial charge in [-0.2, -0.15) is 0 Å². The van der Waals surface area contributed by atoms with Crippen LogP contribution in [-0.2, 0) is 4.79 Å². The molecule has 2 N–H and O–H groups in total. The standard InChI is InChI=1S/C20H24N2O4/c1-14(2)26-17-6-3-15(4-7-17)21-10-9-20(23)22-16-5-8-18-19(13-16)25-12-11-24-18/h3-8,13-14,21H,9-12H2,1-2H3,(H,22,23). The van der Waals surface area contributed by atoms with Crippen molar-refractivity contribution in [1.29, 1.82) is 0 Å². The summed E-state index contributed by atoms with van der Waals surface area (Å²) in [5, 5.41) is 6.11. The highest BCUT2D eigenvalue weighted by Crippen LogP contribution is 2.32. The molecule has 0 fully saturated rings. The number of anilines is 2. The van der Waals surface area contributed by atoms with Gasteiger partial charge in [-0.15, -0.1) is 0 Å². The van der Waals surface area contributed by atoms with Gasteiger partial charge < -0.3 is 24.8 Å². The molecule has 0 unspecified atom stereocenters. The predicted octanol–water partition coefficient (Wildman–Crippen LogP) is 3.69. The van der Waals surface area contributed by atoms with Gasteiger partial charge >= 0.3 is 0 Å². The summed E-state index contributed by atoms with van der Waals surface area (Å²) < 4.78 is 16.6. The van der Waals surface area contributed by atoms with E-state index in [9.17, 15) is 4.79 Å². The van der Waals surface area contributed by atoms with E-state index in [0.717, 1.165) is 11.4 Å². The van der Waals surface area contributed by atoms with Gasteiger partial charge in [0, 0.05) is 30.4 Å². The van der Waals surface area contributed by atoms with E-state index >= 15 is 0 Å². The van der Waals surface area contributed by atoms with Crippen molar-refractivity contribution in [3.63, 3.8) is 0 Å². The summed E-state index contributed by atoms with van der Waals surface area (Å²) in [4.78, 5) is 12.1. The van der Waals surface area contributed by atoms with Crippen molar-refractivity contribution in [3.8, 4) is 17.2 Å². The van der Waals surface area contributed by atoms with Gasteiger partial charge in [-0.3, -0.25) is 4.79 Å². The van der Waals surface area contributed by atoms with Crippen LogP contribution >= 0.6 is 0 Å². The number of amides is 1. The first-order valence-electron chi connectivity index (χ1n) is 8.80. The first-order valence-corrected chi connectivity index (χ1v) is 8.80. The van der Waals surface area contributed by atoms with Gasteiger partial charge in [-0.1, -0.05) is 0 Å². The first-order chi connectivity index (χ1) is 12.6. The molecule has 0 radical (unpaired) electrons. The van der Waals surface area contributed by atoms with E-state index in [1.807, 2.05) is 50.2 Å². The number of fused-ring (bicyclic) bond motifs is 1. The van der Waals surface area contributed by atoms with Gasteiger partial charge in [-0.25, -0.2) is 0 Å². The van der Waals surface area contributed by atoms with Gasteiger partial charge in [0.2, 0.25) is 5.91 Å². The third-order valence-corrected chi connectivity index (χ3v) is 3.73. The predicted molar refractivity (Wildman–Crippen MR) is 101 cm³/mol. The van der Waals surface area contributed by atoms with Crippen molar-refractivity contribution in [2.75, 3.05) is 30.4 Å². The molecule has 0 spiro atoms. The van der Waals surface area contributed by atoms with Crippen molar-refractivity contribution in [1.82, 2.24) is 0 Å². The second-order valence-electron chi connectivity index (χ2n) is 6.27. The quantitative estimate of drug-likeness (QED) is 0.792. The molecule has 0 aliphatic carbocycles. The molecule has 26 heavy (non-hydrogen) atoms. The molecule has 1 heterocycles. The minimum absolute atomic E-state index is 0.0612. The molecule has 1 aliphatic rings. The summed E-state index contributed by atoms with van der Waals surface area (Å²) in [6.45, 7) is 5.60. The fraction of sp³-hybridized carbons (Fsp3) is 0.350. The normalized spacial score (nSPS) is 12.6. The Balaban J connectivity index is 1.44.